The number of aromatic nitrogens is 1. The molecule has 7 heteroatoms. The Morgan fingerprint density at radius 3 is 2.71 bits per heavy atom. The third kappa shape index (κ3) is 4.74. The minimum Gasteiger partial charge on any atom is -0.436 e. The molecule has 4 rings (SSSR count). The lowest BCUT2D eigenvalue weighted by molar-refractivity contribution is -0.121. The van der Waals surface area contributed by atoms with E-state index in [-0.39, 0.29) is 23.9 Å². The fourth-order valence-electron chi connectivity index (χ4n) is 4.11. The van der Waals surface area contributed by atoms with E-state index in [4.69, 9.17) is 16.0 Å². The Hall–Kier alpha value is -2.86. The van der Waals surface area contributed by atoms with Gasteiger partial charge in [-0.25, -0.2) is 4.98 Å². The second-order valence-corrected chi connectivity index (χ2v) is 8.54. The van der Waals surface area contributed by atoms with E-state index in [0.717, 1.165) is 36.8 Å². The van der Waals surface area contributed by atoms with Gasteiger partial charge in [-0.05, 0) is 62.1 Å². The van der Waals surface area contributed by atoms with Gasteiger partial charge in [-0.2, -0.15) is 0 Å². The molecule has 0 radical (unpaired) electrons. The lowest BCUT2D eigenvalue weighted by Gasteiger charge is -2.25. The zero-order valence-electron chi connectivity index (χ0n) is 17.7. The average Bonchev–Trinajstić information content (AvgIpc) is 3.39. The van der Waals surface area contributed by atoms with Gasteiger partial charge in [0.1, 0.15) is 5.52 Å². The van der Waals surface area contributed by atoms with Gasteiger partial charge in [0.2, 0.25) is 11.8 Å². The summed E-state index contributed by atoms with van der Waals surface area (Å²) in [5.41, 5.74) is 2.78. The van der Waals surface area contributed by atoms with Crippen molar-refractivity contribution in [3.8, 4) is 11.5 Å². The van der Waals surface area contributed by atoms with Crippen molar-refractivity contribution in [3.63, 3.8) is 0 Å². The summed E-state index contributed by atoms with van der Waals surface area (Å²) in [5.74, 6) is 0.562. The van der Waals surface area contributed by atoms with Gasteiger partial charge >= 0.3 is 0 Å². The minimum absolute atomic E-state index is 0.0265. The van der Waals surface area contributed by atoms with Crippen molar-refractivity contribution in [2.45, 2.75) is 51.1 Å². The maximum Gasteiger partial charge on any atom is 0.253 e. The van der Waals surface area contributed by atoms with Crippen molar-refractivity contribution in [2.24, 2.45) is 0 Å². The summed E-state index contributed by atoms with van der Waals surface area (Å²) in [6.45, 7) is 1.99. The SMILES string of the molecule is CCCC(=O)N[C@H]1CC[C@@H](N(C)C(=O)c2ccc(-c3nc4ccc(Cl)cc4o3)cc2)C1. The van der Waals surface area contributed by atoms with Crippen LogP contribution in [0.1, 0.15) is 49.4 Å². The van der Waals surface area contributed by atoms with Gasteiger partial charge in [-0.3, -0.25) is 9.59 Å². The molecule has 2 amide bonds. The van der Waals surface area contributed by atoms with Crippen molar-refractivity contribution in [1.29, 1.82) is 0 Å². The molecule has 1 saturated carbocycles. The number of rotatable bonds is 6. The smallest absolute Gasteiger partial charge is 0.253 e. The molecule has 0 spiro atoms. The standard InChI is InChI=1S/C24H26ClN3O3/c1-3-4-22(29)26-18-10-11-19(14-18)28(2)24(30)16-7-5-15(6-8-16)23-27-20-12-9-17(25)13-21(20)31-23/h5-9,12-13,18-19H,3-4,10-11,14H2,1-2H3,(H,26,29)/t18-,19+/m0/s1. The van der Waals surface area contributed by atoms with Gasteiger partial charge in [0.15, 0.2) is 5.58 Å². The van der Waals surface area contributed by atoms with Crippen molar-refractivity contribution in [1.82, 2.24) is 15.2 Å². The van der Waals surface area contributed by atoms with Gasteiger partial charge in [-0.1, -0.05) is 18.5 Å². The lowest BCUT2D eigenvalue weighted by Crippen LogP contribution is -2.38. The predicted molar refractivity (Wildman–Crippen MR) is 121 cm³/mol. The van der Waals surface area contributed by atoms with E-state index in [2.05, 4.69) is 10.3 Å². The Morgan fingerprint density at radius 1 is 1.19 bits per heavy atom. The van der Waals surface area contributed by atoms with Crippen LogP contribution in [0, 0.1) is 0 Å². The molecule has 3 aromatic rings. The molecule has 2 aromatic carbocycles. The lowest BCUT2D eigenvalue weighted by atomic mass is 10.1. The molecule has 1 aromatic heterocycles. The van der Waals surface area contributed by atoms with E-state index in [0.29, 0.717) is 28.5 Å². The molecular formula is C24H26ClN3O3. The van der Waals surface area contributed by atoms with E-state index < -0.39 is 0 Å². The molecule has 1 heterocycles. The highest BCUT2D eigenvalue weighted by Crippen LogP contribution is 2.28. The van der Waals surface area contributed by atoms with Gasteiger partial charge in [0.25, 0.3) is 5.91 Å². The summed E-state index contributed by atoms with van der Waals surface area (Å²) in [5, 5.41) is 3.68. The zero-order valence-corrected chi connectivity index (χ0v) is 18.5. The van der Waals surface area contributed by atoms with Gasteiger partial charge in [-0.15, -0.1) is 0 Å². The molecule has 1 aliphatic rings. The number of hydrogen-bond acceptors (Lipinski definition) is 4. The second kappa shape index (κ2) is 9.10. The predicted octanol–water partition coefficient (Wildman–Crippen LogP) is 5.06. The molecule has 0 unspecified atom stereocenters. The molecule has 0 aliphatic heterocycles. The summed E-state index contributed by atoms with van der Waals surface area (Å²) in [4.78, 5) is 31.1. The highest BCUT2D eigenvalue weighted by atomic mass is 35.5. The Labute approximate surface area is 186 Å². The Bertz CT molecular complexity index is 1090. The highest BCUT2D eigenvalue weighted by molar-refractivity contribution is 6.31. The summed E-state index contributed by atoms with van der Waals surface area (Å²) in [6, 6.07) is 12.9. The number of carbonyl (C=O) groups excluding carboxylic acids is 2. The van der Waals surface area contributed by atoms with E-state index >= 15 is 0 Å². The van der Waals surface area contributed by atoms with E-state index in [1.165, 1.54) is 0 Å². The third-order valence-electron chi connectivity index (χ3n) is 5.84. The van der Waals surface area contributed by atoms with Crippen LogP contribution in [0.5, 0.6) is 0 Å². The molecule has 31 heavy (non-hydrogen) atoms. The van der Waals surface area contributed by atoms with E-state index in [1.807, 2.05) is 32.2 Å². The Kier molecular flexibility index (Phi) is 6.28. The molecule has 162 valence electrons. The largest absolute Gasteiger partial charge is 0.436 e. The molecule has 0 saturated heterocycles. The average molecular weight is 440 g/mol. The Balaban J connectivity index is 1.41. The number of nitrogens with one attached hydrogen (secondary N) is 1. The van der Waals surface area contributed by atoms with Crippen LogP contribution >= 0.6 is 11.6 Å². The second-order valence-electron chi connectivity index (χ2n) is 8.11. The van der Waals surface area contributed by atoms with Crippen LogP contribution in [0.4, 0.5) is 0 Å². The van der Waals surface area contributed by atoms with Crippen LogP contribution in [-0.2, 0) is 4.79 Å². The van der Waals surface area contributed by atoms with Crippen LogP contribution in [-0.4, -0.2) is 40.8 Å². The maximum atomic E-state index is 13.0. The molecule has 0 bridgehead atoms. The first kappa shape index (κ1) is 21.4. The minimum atomic E-state index is -0.0265. The van der Waals surface area contributed by atoms with Gasteiger partial charge in [0.05, 0.1) is 0 Å². The van der Waals surface area contributed by atoms with Crippen LogP contribution in [0.3, 0.4) is 0 Å². The van der Waals surface area contributed by atoms with Crippen LogP contribution in [0.2, 0.25) is 5.02 Å². The van der Waals surface area contributed by atoms with E-state index in [1.54, 1.807) is 29.2 Å². The van der Waals surface area contributed by atoms with Crippen LogP contribution < -0.4 is 5.32 Å². The quantitative estimate of drug-likeness (QED) is 0.582. The monoisotopic (exact) mass is 439 g/mol. The first-order valence-electron chi connectivity index (χ1n) is 10.7. The number of nitrogens with zero attached hydrogens (tertiary/aromatic N) is 2. The first-order valence-corrected chi connectivity index (χ1v) is 11.1. The summed E-state index contributed by atoms with van der Waals surface area (Å²) < 4.78 is 5.80. The zero-order chi connectivity index (χ0) is 22.0. The first-order chi connectivity index (χ1) is 14.9. The van der Waals surface area contributed by atoms with Crippen molar-refractivity contribution < 1.29 is 14.0 Å². The number of amides is 2. The van der Waals surface area contributed by atoms with Crippen LogP contribution in [0.15, 0.2) is 46.9 Å². The fraction of sp³-hybridized carbons (Fsp3) is 0.375. The molecule has 6 nitrogen and oxygen atoms in total. The van der Waals surface area contributed by atoms with Crippen LogP contribution in [0.25, 0.3) is 22.6 Å². The third-order valence-corrected chi connectivity index (χ3v) is 6.08. The molecule has 1 N–H and O–H groups in total. The highest BCUT2D eigenvalue weighted by Gasteiger charge is 2.31. The number of oxazole rings is 1. The normalized spacial score (nSPS) is 18.3. The molecule has 2 atom stereocenters. The van der Waals surface area contributed by atoms with E-state index in [9.17, 15) is 9.59 Å². The van der Waals surface area contributed by atoms with Crippen molar-refractivity contribution >= 4 is 34.5 Å². The number of carbonyl (C=O) groups is 2. The number of halogens is 1. The Morgan fingerprint density at radius 2 is 1.97 bits per heavy atom. The van der Waals surface area contributed by atoms with Gasteiger partial charge < -0.3 is 14.6 Å². The summed E-state index contributed by atoms with van der Waals surface area (Å²) in [6.07, 6.45) is 3.98. The fourth-order valence-corrected chi connectivity index (χ4v) is 4.28. The molecule has 1 fully saturated rings. The number of benzene rings is 2. The van der Waals surface area contributed by atoms with Gasteiger partial charge in [0, 0.05) is 47.8 Å². The van der Waals surface area contributed by atoms with Crippen molar-refractivity contribution in [2.75, 3.05) is 7.05 Å². The molecule has 1 aliphatic carbocycles. The number of hydrogen-bond donors (Lipinski definition) is 1. The summed E-state index contributed by atoms with van der Waals surface area (Å²) in [7, 11) is 1.84. The molecular weight excluding hydrogens is 414 g/mol. The van der Waals surface area contributed by atoms with Crippen molar-refractivity contribution in [3.05, 3.63) is 53.1 Å². The maximum absolute atomic E-state index is 13.0. The summed E-state index contributed by atoms with van der Waals surface area (Å²) >= 11 is 6.01. The topological polar surface area (TPSA) is 75.4 Å². The number of fused-ring (bicyclic) bond motifs is 1.